The van der Waals surface area contributed by atoms with Gasteiger partial charge in [-0.15, -0.1) is 11.3 Å². The third-order valence-corrected chi connectivity index (χ3v) is 7.72. The molecule has 1 aliphatic heterocycles. The Kier molecular flexibility index (Phi) is 6.29. The maximum atomic E-state index is 12.8. The highest BCUT2D eigenvalue weighted by Crippen LogP contribution is 2.28. The first kappa shape index (κ1) is 19.7. The molecule has 0 aromatic carbocycles. The van der Waals surface area contributed by atoms with Crippen LogP contribution in [0, 0.1) is 0 Å². The lowest BCUT2D eigenvalue weighted by molar-refractivity contribution is 0.0836. The lowest BCUT2D eigenvalue weighted by Crippen LogP contribution is -2.51. The maximum absolute atomic E-state index is 12.8. The van der Waals surface area contributed by atoms with Crippen molar-refractivity contribution in [3.8, 4) is 0 Å². The highest BCUT2D eigenvalue weighted by Gasteiger charge is 2.33. The van der Waals surface area contributed by atoms with E-state index in [1.165, 1.54) is 37.5 Å². The quantitative estimate of drug-likeness (QED) is 0.815. The highest BCUT2D eigenvalue weighted by atomic mass is 32.2. The van der Waals surface area contributed by atoms with Crippen LogP contribution in [0.3, 0.4) is 0 Å². The van der Waals surface area contributed by atoms with Crippen molar-refractivity contribution in [3.05, 3.63) is 16.3 Å². The number of amides is 1. The van der Waals surface area contributed by atoms with Crippen LogP contribution in [0.1, 0.15) is 54.6 Å². The monoisotopic (exact) mass is 406 g/mol. The first-order chi connectivity index (χ1) is 12.4. The van der Waals surface area contributed by atoms with Crippen molar-refractivity contribution in [2.75, 3.05) is 13.1 Å². The Morgan fingerprint density at radius 1 is 1.19 bits per heavy atom. The summed E-state index contributed by atoms with van der Waals surface area (Å²) >= 11 is 0.881. The Bertz CT molecular complexity index is 730. The van der Waals surface area contributed by atoms with Crippen molar-refractivity contribution in [2.24, 2.45) is 0 Å². The Morgan fingerprint density at radius 3 is 2.62 bits per heavy atom. The Balaban J connectivity index is 1.66. The summed E-state index contributed by atoms with van der Waals surface area (Å²) in [6.45, 7) is 1.75. The van der Waals surface area contributed by atoms with E-state index in [1.54, 1.807) is 0 Å². The topological polar surface area (TPSA) is 66.5 Å². The number of carbonyl (C=O) groups excluding carboxylic acids is 1. The molecular weight excluding hydrogens is 382 g/mol. The number of rotatable bonds is 5. The molecule has 1 aromatic rings. The molecule has 1 amide bonds. The van der Waals surface area contributed by atoms with Gasteiger partial charge in [-0.05, 0) is 43.7 Å². The van der Waals surface area contributed by atoms with Crippen LogP contribution in [0.2, 0.25) is 0 Å². The van der Waals surface area contributed by atoms with Crippen molar-refractivity contribution in [1.82, 2.24) is 10.2 Å². The molecule has 2 aliphatic rings. The van der Waals surface area contributed by atoms with Crippen LogP contribution in [0.4, 0.5) is 8.78 Å². The molecule has 1 aromatic heterocycles. The lowest BCUT2D eigenvalue weighted by atomic mass is 9.92. The molecular formula is C17H24F2N2O3S2. The average Bonchev–Trinajstić information content (AvgIpc) is 3.13. The minimum atomic E-state index is -4.77. The van der Waals surface area contributed by atoms with Crippen molar-refractivity contribution in [2.45, 2.75) is 67.7 Å². The van der Waals surface area contributed by atoms with Crippen LogP contribution < -0.4 is 5.32 Å². The predicted octanol–water partition coefficient (Wildman–Crippen LogP) is 3.27. The number of nitrogens with zero attached hydrogens (tertiary/aromatic N) is 1. The Labute approximate surface area is 156 Å². The van der Waals surface area contributed by atoms with E-state index in [0.717, 1.165) is 43.3 Å². The van der Waals surface area contributed by atoms with Gasteiger partial charge in [-0.25, -0.2) is 8.42 Å². The van der Waals surface area contributed by atoms with E-state index in [1.807, 2.05) is 0 Å². The molecule has 1 atom stereocenters. The molecule has 1 N–H and O–H groups in total. The van der Waals surface area contributed by atoms with Gasteiger partial charge in [0.25, 0.3) is 5.91 Å². The van der Waals surface area contributed by atoms with Gasteiger partial charge in [0.2, 0.25) is 9.84 Å². The number of piperidine rings is 1. The summed E-state index contributed by atoms with van der Waals surface area (Å²) in [6.07, 6.45) is 7.91. The van der Waals surface area contributed by atoms with Gasteiger partial charge in [-0.3, -0.25) is 9.69 Å². The molecule has 1 unspecified atom stereocenters. The summed E-state index contributed by atoms with van der Waals surface area (Å²) in [6, 6.07) is 1.55. The molecule has 5 nitrogen and oxygen atoms in total. The van der Waals surface area contributed by atoms with Crippen LogP contribution in [-0.4, -0.2) is 50.2 Å². The number of hydrogen-bond acceptors (Lipinski definition) is 5. The molecule has 0 spiro atoms. The number of carbonyl (C=O) groups is 1. The molecule has 0 bridgehead atoms. The second-order valence-corrected chi connectivity index (χ2v) is 9.82. The number of hydrogen-bond donors (Lipinski definition) is 1. The van der Waals surface area contributed by atoms with E-state index in [4.69, 9.17) is 0 Å². The summed E-state index contributed by atoms with van der Waals surface area (Å²) in [5.41, 5.74) is 0. The second-order valence-electron chi connectivity index (χ2n) is 7.02. The molecule has 2 heterocycles. The van der Waals surface area contributed by atoms with Gasteiger partial charge in [0.15, 0.2) is 0 Å². The van der Waals surface area contributed by atoms with Gasteiger partial charge in [0, 0.05) is 18.6 Å². The van der Waals surface area contributed by atoms with Gasteiger partial charge in [-0.2, -0.15) is 8.78 Å². The van der Waals surface area contributed by atoms with E-state index < -0.39 is 26.4 Å². The molecule has 1 aliphatic carbocycles. The number of likely N-dealkylation sites (tertiary alicyclic amines) is 1. The minimum Gasteiger partial charge on any atom is -0.347 e. The molecule has 1 saturated carbocycles. The number of sulfone groups is 1. The SMILES string of the molecule is O=C(NC1CCCN(C2CCCCC2)C1)c1sccc1S(=O)(=O)C(F)F. The Morgan fingerprint density at radius 2 is 1.92 bits per heavy atom. The molecule has 9 heteroatoms. The van der Waals surface area contributed by atoms with Crippen LogP contribution in [0.15, 0.2) is 16.3 Å². The summed E-state index contributed by atoms with van der Waals surface area (Å²) in [5.74, 6) is -4.10. The third-order valence-electron chi connectivity index (χ3n) is 5.26. The maximum Gasteiger partial charge on any atom is 0.341 e. The van der Waals surface area contributed by atoms with Crippen molar-refractivity contribution < 1.29 is 22.0 Å². The van der Waals surface area contributed by atoms with Crippen molar-refractivity contribution in [1.29, 1.82) is 0 Å². The average molecular weight is 407 g/mol. The van der Waals surface area contributed by atoms with E-state index in [2.05, 4.69) is 10.2 Å². The van der Waals surface area contributed by atoms with Gasteiger partial charge in [0.05, 0.1) is 4.90 Å². The smallest absolute Gasteiger partial charge is 0.341 e. The normalized spacial score (nSPS) is 23.3. The standard InChI is InChI=1S/C17H24F2N2O3S2/c18-17(19)26(23,24)14-8-10-25-15(14)16(22)20-12-5-4-9-21(11-12)13-6-2-1-3-7-13/h8,10,12-13,17H,1-7,9,11H2,(H,20,22). The second kappa shape index (κ2) is 8.31. The molecule has 1 saturated heterocycles. The summed E-state index contributed by atoms with van der Waals surface area (Å²) < 4.78 is 49.1. The van der Waals surface area contributed by atoms with Crippen LogP contribution in [0.5, 0.6) is 0 Å². The van der Waals surface area contributed by atoms with Crippen molar-refractivity contribution >= 4 is 27.1 Å². The summed E-state index contributed by atoms with van der Waals surface area (Å²) in [4.78, 5) is 14.2. The zero-order chi connectivity index (χ0) is 18.7. The van der Waals surface area contributed by atoms with Gasteiger partial charge in [0.1, 0.15) is 4.88 Å². The summed E-state index contributed by atoms with van der Waals surface area (Å²) in [5, 5.41) is 4.22. The van der Waals surface area contributed by atoms with E-state index in [9.17, 15) is 22.0 Å². The first-order valence-corrected chi connectivity index (χ1v) is 11.5. The first-order valence-electron chi connectivity index (χ1n) is 9.04. The fourth-order valence-corrected chi connectivity index (χ4v) is 6.01. The number of alkyl halides is 2. The number of halogens is 2. The number of thiophene rings is 1. The summed E-state index contributed by atoms with van der Waals surface area (Å²) in [7, 11) is -4.77. The zero-order valence-electron chi connectivity index (χ0n) is 14.5. The third kappa shape index (κ3) is 4.26. The minimum absolute atomic E-state index is 0.0811. The van der Waals surface area contributed by atoms with Gasteiger partial charge in [-0.1, -0.05) is 19.3 Å². The Hall–Kier alpha value is -1.06. The van der Waals surface area contributed by atoms with E-state index >= 15 is 0 Å². The zero-order valence-corrected chi connectivity index (χ0v) is 16.1. The predicted molar refractivity (Wildman–Crippen MR) is 96.4 cm³/mol. The molecule has 26 heavy (non-hydrogen) atoms. The van der Waals surface area contributed by atoms with Crippen LogP contribution in [0.25, 0.3) is 0 Å². The largest absolute Gasteiger partial charge is 0.347 e. The molecule has 3 rings (SSSR count). The fraction of sp³-hybridized carbons (Fsp3) is 0.706. The van der Waals surface area contributed by atoms with E-state index in [0.29, 0.717) is 6.04 Å². The van der Waals surface area contributed by atoms with Gasteiger partial charge < -0.3 is 5.32 Å². The van der Waals surface area contributed by atoms with Crippen LogP contribution >= 0.6 is 11.3 Å². The fourth-order valence-electron chi connectivity index (χ4n) is 3.94. The molecule has 2 fully saturated rings. The van der Waals surface area contributed by atoms with Crippen LogP contribution in [-0.2, 0) is 9.84 Å². The van der Waals surface area contributed by atoms with Gasteiger partial charge >= 0.3 is 5.76 Å². The lowest BCUT2D eigenvalue weighted by Gasteiger charge is -2.40. The number of nitrogens with one attached hydrogen (secondary N) is 1. The molecule has 146 valence electrons. The van der Waals surface area contributed by atoms with Crippen molar-refractivity contribution in [3.63, 3.8) is 0 Å². The van der Waals surface area contributed by atoms with E-state index in [-0.39, 0.29) is 10.9 Å². The highest BCUT2D eigenvalue weighted by molar-refractivity contribution is 7.92. The molecule has 0 radical (unpaired) electrons.